The minimum atomic E-state index is -0.904. The van der Waals surface area contributed by atoms with Gasteiger partial charge in [-0.3, -0.25) is 0 Å². The first-order valence-electron chi connectivity index (χ1n) is 5.42. The van der Waals surface area contributed by atoms with Gasteiger partial charge in [0.25, 0.3) is 0 Å². The molecule has 18 heavy (non-hydrogen) atoms. The second-order valence-corrected chi connectivity index (χ2v) is 4.95. The molecule has 5 heteroatoms. The predicted molar refractivity (Wildman–Crippen MR) is 67.1 cm³/mol. The Bertz CT molecular complexity index is 704. The Hall–Kier alpha value is -1.72. The Labute approximate surface area is 107 Å². The Morgan fingerprint density at radius 1 is 1.39 bits per heavy atom. The largest absolute Gasteiger partial charge is 0.458 e. The summed E-state index contributed by atoms with van der Waals surface area (Å²) in [5.74, 6) is 0.0550. The number of halogens is 1. The molecular weight excluding hydrogens is 253 g/mol. The highest BCUT2D eigenvalue weighted by atomic mass is 32.1. The van der Waals surface area contributed by atoms with Crippen LogP contribution in [-0.2, 0) is 0 Å². The summed E-state index contributed by atoms with van der Waals surface area (Å²) in [7, 11) is 0. The number of aryl methyl sites for hydroxylation is 1. The van der Waals surface area contributed by atoms with Gasteiger partial charge in [-0.05, 0) is 31.2 Å². The maximum absolute atomic E-state index is 13.1. The summed E-state index contributed by atoms with van der Waals surface area (Å²) < 4.78 is 18.6. The number of aliphatic hydroxyl groups is 1. The van der Waals surface area contributed by atoms with Gasteiger partial charge in [-0.25, -0.2) is 9.37 Å². The summed E-state index contributed by atoms with van der Waals surface area (Å²) >= 11 is 1.37. The molecule has 3 rings (SSSR count). The second kappa shape index (κ2) is 4.19. The van der Waals surface area contributed by atoms with Gasteiger partial charge >= 0.3 is 0 Å². The van der Waals surface area contributed by atoms with Crippen LogP contribution < -0.4 is 0 Å². The fraction of sp³-hybridized carbons (Fsp3) is 0.154. The fourth-order valence-electron chi connectivity index (χ4n) is 1.79. The predicted octanol–water partition coefficient (Wildman–Crippen LogP) is 3.42. The number of rotatable bonds is 2. The van der Waals surface area contributed by atoms with Crippen LogP contribution in [0.4, 0.5) is 4.39 Å². The summed E-state index contributed by atoms with van der Waals surface area (Å²) in [5.41, 5.74) is 1.41. The molecule has 2 aromatic heterocycles. The molecule has 0 aliphatic carbocycles. The highest BCUT2D eigenvalue weighted by Crippen LogP contribution is 2.30. The van der Waals surface area contributed by atoms with Crippen LogP contribution in [0.2, 0.25) is 0 Å². The topological polar surface area (TPSA) is 46.3 Å². The number of aromatic nitrogens is 1. The molecule has 0 bridgehead atoms. The van der Waals surface area contributed by atoms with Gasteiger partial charge in [0.1, 0.15) is 22.2 Å². The maximum atomic E-state index is 13.1. The lowest BCUT2D eigenvalue weighted by atomic mass is 10.2. The molecule has 2 heterocycles. The molecule has 0 radical (unpaired) electrons. The Morgan fingerprint density at radius 2 is 2.22 bits per heavy atom. The van der Waals surface area contributed by atoms with Gasteiger partial charge in [0.15, 0.2) is 6.10 Å². The highest BCUT2D eigenvalue weighted by Gasteiger charge is 2.18. The molecule has 92 valence electrons. The molecule has 3 aromatic rings. The van der Waals surface area contributed by atoms with Crippen LogP contribution in [0.25, 0.3) is 11.0 Å². The van der Waals surface area contributed by atoms with Crippen molar-refractivity contribution in [2.45, 2.75) is 13.0 Å². The molecule has 3 nitrogen and oxygen atoms in total. The SMILES string of the molecule is Cc1csc(C(O)c2cc3cc(F)ccc3o2)n1. The summed E-state index contributed by atoms with van der Waals surface area (Å²) in [5, 5.41) is 13.2. The van der Waals surface area contributed by atoms with Crippen LogP contribution in [0.1, 0.15) is 22.6 Å². The zero-order chi connectivity index (χ0) is 12.7. The molecule has 0 spiro atoms. The number of furan rings is 1. The van der Waals surface area contributed by atoms with Gasteiger partial charge in [-0.15, -0.1) is 11.3 Å². The van der Waals surface area contributed by atoms with E-state index in [1.165, 1.54) is 23.5 Å². The zero-order valence-corrected chi connectivity index (χ0v) is 10.4. The van der Waals surface area contributed by atoms with Crippen molar-refractivity contribution in [2.75, 3.05) is 0 Å². The first kappa shape index (κ1) is 11.4. The van der Waals surface area contributed by atoms with E-state index < -0.39 is 6.10 Å². The van der Waals surface area contributed by atoms with Crippen LogP contribution in [0, 0.1) is 12.7 Å². The molecule has 1 unspecified atom stereocenters. The van der Waals surface area contributed by atoms with Gasteiger partial charge in [0.05, 0.1) is 0 Å². The lowest BCUT2D eigenvalue weighted by Gasteiger charge is -2.02. The third-order valence-electron chi connectivity index (χ3n) is 2.64. The van der Waals surface area contributed by atoms with Crippen LogP contribution in [-0.4, -0.2) is 10.1 Å². The molecule has 0 aliphatic rings. The van der Waals surface area contributed by atoms with E-state index in [9.17, 15) is 9.50 Å². The van der Waals surface area contributed by atoms with Crippen molar-refractivity contribution in [1.29, 1.82) is 0 Å². The van der Waals surface area contributed by atoms with Crippen LogP contribution in [0.15, 0.2) is 34.1 Å². The van der Waals surface area contributed by atoms with Crippen LogP contribution in [0.3, 0.4) is 0 Å². The molecular formula is C13H10FNO2S. The monoisotopic (exact) mass is 263 g/mol. The van der Waals surface area contributed by atoms with E-state index in [0.29, 0.717) is 21.7 Å². The number of aliphatic hydroxyl groups excluding tert-OH is 1. The molecule has 1 N–H and O–H groups in total. The zero-order valence-electron chi connectivity index (χ0n) is 9.55. The standard InChI is InChI=1S/C13H10FNO2S/c1-7-6-18-13(15-7)12(16)11-5-8-4-9(14)2-3-10(8)17-11/h2-6,12,16H,1H3. The van der Waals surface area contributed by atoms with Crippen LogP contribution in [0.5, 0.6) is 0 Å². The average molecular weight is 263 g/mol. The van der Waals surface area contributed by atoms with Gasteiger partial charge in [0.2, 0.25) is 0 Å². The van der Waals surface area contributed by atoms with Gasteiger partial charge < -0.3 is 9.52 Å². The van der Waals surface area contributed by atoms with Crippen molar-refractivity contribution >= 4 is 22.3 Å². The van der Waals surface area contributed by atoms with E-state index in [0.717, 1.165) is 5.69 Å². The Morgan fingerprint density at radius 3 is 2.94 bits per heavy atom. The smallest absolute Gasteiger partial charge is 0.163 e. The summed E-state index contributed by atoms with van der Waals surface area (Å²) in [6, 6.07) is 5.89. The third-order valence-corrected chi connectivity index (χ3v) is 3.65. The van der Waals surface area contributed by atoms with E-state index in [1.807, 2.05) is 12.3 Å². The number of benzene rings is 1. The van der Waals surface area contributed by atoms with Gasteiger partial charge in [-0.2, -0.15) is 0 Å². The minimum absolute atomic E-state index is 0.325. The number of hydrogen-bond donors (Lipinski definition) is 1. The summed E-state index contributed by atoms with van der Waals surface area (Å²) in [4.78, 5) is 4.21. The van der Waals surface area contributed by atoms with Crippen molar-refractivity contribution in [3.8, 4) is 0 Å². The molecule has 0 amide bonds. The number of hydrogen-bond acceptors (Lipinski definition) is 4. The molecule has 0 saturated carbocycles. The minimum Gasteiger partial charge on any atom is -0.458 e. The lowest BCUT2D eigenvalue weighted by Crippen LogP contribution is -1.96. The molecule has 1 atom stereocenters. The second-order valence-electron chi connectivity index (χ2n) is 4.06. The Kier molecular flexibility index (Phi) is 2.65. The van der Waals surface area contributed by atoms with Crippen molar-refractivity contribution < 1.29 is 13.9 Å². The molecule has 0 aliphatic heterocycles. The maximum Gasteiger partial charge on any atom is 0.163 e. The van der Waals surface area contributed by atoms with Gasteiger partial charge in [-0.1, -0.05) is 0 Å². The number of thiazole rings is 1. The van der Waals surface area contributed by atoms with E-state index >= 15 is 0 Å². The summed E-state index contributed by atoms with van der Waals surface area (Å²) in [6.07, 6.45) is -0.904. The number of fused-ring (bicyclic) bond motifs is 1. The highest BCUT2D eigenvalue weighted by molar-refractivity contribution is 7.09. The van der Waals surface area contributed by atoms with Gasteiger partial charge in [0, 0.05) is 16.5 Å². The van der Waals surface area contributed by atoms with Crippen LogP contribution >= 0.6 is 11.3 Å². The van der Waals surface area contributed by atoms with E-state index in [-0.39, 0.29) is 5.82 Å². The Balaban J connectivity index is 2.03. The molecule has 0 fully saturated rings. The van der Waals surface area contributed by atoms with Crippen molar-refractivity contribution in [2.24, 2.45) is 0 Å². The lowest BCUT2D eigenvalue weighted by molar-refractivity contribution is 0.191. The summed E-state index contributed by atoms with van der Waals surface area (Å²) in [6.45, 7) is 1.86. The third kappa shape index (κ3) is 1.91. The van der Waals surface area contributed by atoms with E-state index in [4.69, 9.17) is 4.42 Å². The van der Waals surface area contributed by atoms with Crippen molar-refractivity contribution in [1.82, 2.24) is 4.98 Å². The molecule has 0 saturated heterocycles. The average Bonchev–Trinajstić information content (AvgIpc) is 2.93. The van der Waals surface area contributed by atoms with E-state index in [1.54, 1.807) is 12.1 Å². The normalized spacial score (nSPS) is 13.1. The first-order chi connectivity index (χ1) is 8.63. The van der Waals surface area contributed by atoms with Crippen molar-refractivity contribution in [3.05, 3.63) is 51.9 Å². The quantitative estimate of drug-likeness (QED) is 0.770. The van der Waals surface area contributed by atoms with Crippen molar-refractivity contribution in [3.63, 3.8) is 0 Å². The first-order valence-corrected chi connectivity index (χ1v) is 6.30. The fourth-order valence-corrected chi connectivity index (χ4v) is 2.57. The number of nitrogens with zero attached hydrogens (tertiary/aromatic N) is 1. The van der Waals surface area contributed by atoms with E-state index in [2.05, 4.69) is 4.98 Å². The molecule has 1 aromatic carbocycles.